The SMILES string of the molecule is Fc1cc(CN(CCBr)C2CC2)ccc1Cl. The van der Waals surface area contributed by atoms with Crippen LogP contribution in [-0.4, -0.2) is 22.8 Å². The zero-order valence-corrected chi connectivity index (χ0v) is 11.3. The normalized spacial score (nSPS) is 15.8. The molecule has 0 heterocycles. The first kappa shape index (κ1) is 12.3. The Hall–Kier alpha value is -0.120. The van der Waals surface area contributed by atoms with E-state index in [-0.39, 0.29) is 10.8 Å². The average Bonchev–Trinajstić information content (AvgIpc) is 3.06. The lowest BCUT2D eigenvalue weighted by atomic mass is 10.2. The fourth-order valence-electron chi connectivity index (χ4n) is 1.81. The highest BCUT2D eigenvalue weighted by Gasteiger charge is 2.28. The van der Waals surface area contributed by atoms with Gasteiger partial charge in [-0.3, -0.25) is 4.90 Å². The van der Waals surface area contributed by atoms with E-state index in [0.717, 1.165) is 24.0 Å². The van der Waals surface area contributed by atoms with Gasteiger partial charge in [0.15, 0.2) is 0 Å². The third-order valence-electron chi connectivity index (χ3n) is 2.80. The zero-order valence-electron chi connectivity index (χ0n) is 8.93. The molecule has 0 radical (unpaired) electrons. The maximum absolute atomic E-state index is 13.3. The first-order chi connectivity index (χ1) is 7.70. The van der Waals surface area contributed by atoms with Crippen LogP contribution in [0.3, 0.4) is 0 Å². The van der Waals surface area contributed by atoms with E-state index in [1.807, 2.05) is 6.07 Å². The Kier molecular flexibility index (Phi) is 4.22. The average molecular weight is 307 g/mol. The fraction of sp³-hybridized carbons (Fsp3) is 0.500. The van der Waals surface area contributed by atoms with Crippen molar-refractivity contribution in [2.75, 3.05) is 11.9 Å². The van der Waals surface area contributed by atoms with E-state index >= 15 is 0 Å². The van der Waals surface area contributed by atoms with Crippen molar-refractivity contribution in [3.05, 3.63) is 34.6 Å². The van der Waals surface area contributed by atoms with Crippen molar-refractivity contribution in [2.45, 2.75) is 25.4 Å². The molecular weight excluding hydrogens is 292 g/mol. The molecular formula is C12H14BrClFN. The minimum Gasteiger partial charge on any atom is -0.295 e. The summed E-state index contributed by atoms with van der Waals surface area (Å²) < 4.78 is 13.3. The van der Waals surface area contributed by atoms with Gasteiger partial charge in [0, 0.05) is 24.5 Å². The van der Waals surface area contributed by atoms with Gasteiger partial charge in [0.2, 0.25) is 0 Å². The highest BCUT2D eigenvalue weighted by atomic mass is 79.9. The third-order valence-corrected chi connectivity index (χ3v) is 3.47. The largest absolute Gasteiger partial charge is 0.295 e. The summed E-state index contributed by atoms with van der Waals surface area (Å²) in [4.78, 5) is 2.39. The van der Waals surface area contributed by atoms with Crippen LogP contribution in [0.15, 0.2) is 18.2 Å². The summed E-state index contributed by atoms with van der Waals surface area (Å²) in [6.07, 6.45) is 2.53. The molecule has 88 valence electrons. The molecule has 1 aromatic rings. The number of halogens is 3. The van der Waals surface area contributed by atoms with E-state index in [4.69, 9.17) is 11.6 Å². The zero-order chi connectivity index (χ0) is 11.5. The second-order valence-electron chi connectivity index (χ2n) is 4.14. The number of hydrogen-bond donors (Lipinski definition) is 0. The monoisotopic (exact) mass is 305 g/mol. The van der Waals surface area contributed by atoms with Gasteiger partial charge in [0.25, 0.3) is 0 Å². The summed E-state index contributed by atoms with van der Waals surface area (Å²) in [5.74, 6) is -0.325. The van der Waals surface area contributed by atoms with E-state index in [9.17, 15) is 4.39 Å². The minimum absolute atomic E-state index is 0.196. The van der Waals surface area contributed by atoms with Gasteiger partial charge in [0.1, 0.15) is 5.82 Å². The van der Waals surface area contributed by atoms with Gasteiger partial charge in [-0.05, 0) is 30.5 Å². The van der Waals surface area contributed by atoms with Crippen LogP contribution in [0.1, 0.15) is 18.4 Å². The Morgan fingerprint density at radius 2 is 2.19 bits per heavy atom. The van der Waals surface area contributed by atoms with Crippen LogP contribution in [0.2, 0.25) is 5.02 Å². The quantitative estimate of drug-likeness (QED) is 0.747. The highest BCUT2D eigenvalue weighted by Crippen LogP contribution is 2.28. The Morgan fingerprint density at radius 1 is 1.44 bits per heavy atom. The van der Waals surface area contributed by atoms with Gasteiger partial charge in [-0.15, -0.1) is 0 Å². The van der Waals surface area contributed by atoms with E-state index in [1.165, 1.54) is 18.9 Å². The first-order valence-electron chi connectivity index (χ1n) is 5.44. The van der Waals surface area contributed by atoms with Gasteiger partial charge >= 0.3 is 0 Å². The van der Waals surface area contributed by atoms with Crippen LogP contribution < -0.4 is 0 Å². The van der Waals surface area contributed by atoms with Crippen LogP contribution in [0, 0.1) is 5.82 Å². The molecule has 0 aromatic heterocycles. The Bertz CT molecular complexity index is 368. The number of hydrogen-bond acceptors (Lipinski definition) is 1. The van der Waals surface area contributed by atoms with Crippen molar-refractivity contribution in [1.82, 2.24) is 4.90 Å². The lowest BCUT2D eigenvalue weighted by Crippen LogP contribution is -2.27. The van der Waals surface area contributed by atoms with E-state index < -0.39 is 0 Å². The smallest absolute Gasteiger partial charge is 0.142 e. The summed E-state index contributed by atoms with van der Waals surface area (Å²) in [5.41, 5.74) is 0.995. The maximum Gasteiger partial charge on any atom is 0.142 e. The van der Waals surface area contributed by atoms with Crippen molar-refractivity contribution >= 4 is 27.5 Å². The van der Waals surface area contributed by atoms with Crippen molar-refractivity contribution in [2.24, 2.45) is 0 Å². The van der Waals surface area contributed by atoms with E-state index in [2.05, 4.69) is 20.8 Å². The van der Waals surface area contributed by atoms with Crippen molar-refractivity contribution in [1.29, 1.82) is 0 Å². The lowest BCUT2D eigenvalue weighted by Gasteiger charge is -2.20. The first-order valence-corrected chi connectivity index (χ1v) is 6.94. The molecule has 2 rings (SSSR count). The van der Waals surface area contributed by atoms with Gasteiger partial charge in [-0.25, -0.2) is 4.39 Å². The number of benzene rings is 1. The summed E-state index contributed by atoms with van der Waals surface area (Å²) >= 11 is 9.11. The Labute approximate surface area is 109 Å². The summed E-state index contributed by atoms with van der Waals surface area (Å²) in [7, 11) is 0. The number of nitrogens with zero attached hydrogens (tertiary/aromatic N) is 1. The molecule has 0 spiro atoms. The molecule has 1 nitrogen and oxygen atoms in total. The van der Waals surface area contributed by atoms with Gasteiger partial charge in [-0.1, -0.05) is 33.6 Å². The molecule has 0 unspecified atom stereocenters. The van der Waals surface area contributed by atoms with E-state index in [1.54, 1.807) is 6.07 Å². The molecule has 16 heavy (non-hydrogen) atoms. The molecule has 4 heteroatoms. The molecule has 0 N–H and O–H groups in total. The van der Waals surface area contributed by atoms with Crippen LogP contribution in [0.25, 0.3) is 0 Å². The molecule has 1 aromatic carbocycles. The molecule has 1 saturated carbocycles. The van der Waals surface area contributed by atoms with Gasteiger partial charge in [0.05, 0.1) is 5.02 Å². The lowest BCUT2D eigenvalue weighted by molar-refractivity contribution is 0.272. The van der Waals surface area contributed by atoms with Crippen LogP contribution in [0.5, 0.6) is 0 Å². The number of alkyl halides is 1. The standard InChI is InChI=1S/C12H14BrClFN/c13-5-6-16(10-2-3-10)8-9-1-4-11(14)12(15)7-9/h1,4,7,10H,2-3,5-6,8H2. The van der Waals surface area contributed by atoms with E-state index in [0.29, 0.717) is 6.04 Å². The molecule has 1 fully saturated rings. The summed E-state index contributed by atoms with van der Waals surface area (Å²) in [6.45, 7) is 1.82. The molecule has 1 aliphatic rings. The van der Waals surface area contributed by atoms with Crippen LogP contribution in [0.4, 0.5) is 4.39 Å². The molecule has 0 saturated heterocycles. The minimum atomic E-state index is -0.325. The fourth-order valence-corrected chi connectivity index (χ4v) is 2.38. The van der Waals surface area contributed by atoms with Gasteiger partial charge in [-0.2, -0.15) is 0 Å². The Balaban J connectivity index is 2.03. The second-order valence-corrected chi connectivity index (χ2v) is 5.34. The predicted molar refractivity (Wildman–Crippen MR) is 68.6 cm³/mol. The van der Waals surface area contributed by atoms with Crippen molar-refractivity contribution in [3.8, 4) is 0 Å². The van der Waals surface area contributed by atoms with Crippen molar-refractivity contribution in [3.63, 3.8) is 0 Å². The topological polar surface area (TPSA) is 3.24 Å². The van der Waals surface area contributed by atoms with Crippen LogP contribution >= 0.6 is 27.5 Å². The second kappa shape index (κ2) is 5.48. The summed E-state index contributed by atoms with van der Waals surface area (Å²) in [6, 6.07) is 5.75. The molecule has 0 aliphatic heterocycles. The molecule has 0 amide bonds. The maximum atomic E-state index is 13.3. The predicted octanol–water partition coefficient (Wildman–Crippen LogP) is 3.84. The summed E-state index contributed by atoms with van der Waals surface area (Å²) in [5, 5.41) is 1.15. The molecule has 0 atom stereocenters. The number of rotatable bonds is 5. The molecule has 1 aliphatic carbocycles. The highest BCUT2D eigenvalue weighted by molar-refractivity contribution is 9.09. The third kappa shape index (κ3) is 3.19. The van der Waals surface area contributed by atoms with Gasteiger partial charge < -0.3 is 0 Å². The van der Waals surface area contributed by atoms with Crippen molar-refractivity contribution < 1.29 is 4.39 Å². The van der Waals surface area contributed by atoms with Crippen LogP contribution in [-0.2, 0) is 6.54 Å². The molecule has 0 bridgehead atoms. The Morgan fingerprint density at radius 3 is 2.75 bits per heavy atom.